The number of hydrogen-bond donors (Lipinski definition) is 2. The van der Waals surface area contributed by atoms with E-state index in [0.717, 1.165) is 5.56 Å². The molecule has 20 heavy (non-hydrogen) atoms. The summed E-state index contributed by atoms with van der Waals surface area (Å²) in [6.07, 6.45) is 1.43. The van der Waals surface area contributed by atoms with E-state index in [4.69, 9.17) is 10.5 Å². The molecule has 0 aliphatic rings. The van der Waals surface area contributed by atoms with Gasteiger partial charge < -0.3 is 15.8 Å². The Morgan fingerprint density at radius 1 is 1.45 bits per heavy atom. The lowest BCUT2D eigenvalue weighted by Gasteiger charge is -2.07. The van der Waals surface area contributed by atoms with Gasteiger partial charge >= 0.3 is 0 Å². The highest BCUT2D eigenvalue weighted by atomic mass is 16.5. The van der Waals surface area contributed by atoms with E-state index >= 15 is 0 Å². The molecular formula is C14H16N4O2. The van der Waals surface area contributed by atoms with Gasteiger partial charge in [-0.15, -0.1) is 0 Å². The molecule has 2 aromatic rings. The number of hydrogen-bond acceptors (Lipinski definition) is 5. The highest BCUT2D eigenvalue weighted by Crippen LogP contribution is 2.22. The number of benzene rings is 1. The number of anilines is 1. The summed E-state index contributed by atoms with van der Waals surface area (Å²) < 4.78 is 5.15. The van der Waals surface area contributed by atoms with E-state index in [-0.39, 0.29) is 17.3 Å². The molecule has 1 aromatic heterocycles. The summed E-state index contributed by atoms with van der Waals surface area (Å²) in [4.78, 5) is 20.1. The minimum atomic E-state index is -0.276. The molecule has 0 bridgehead atoms. The van der Waals surface area contributed by atoms with Gasteiger partial charge in [0.2, 0.25) is 0 Å². The molecule has 3 N–H and O–H groups in total. The Hall–Kier alpha value is -2.63. The molecule has 0 radical (unpaired) electrons. The summed E-state index contributed by atoms with van der Waals surface area (Å²) in [6.45, 7) is 2.36. The zero-order chi connectivity index (χ0) is 14.5. The Morgan fingerprint density at radius 3 is 2.90 bits per heavy atom. The molecule has 0 aliphatic heterocycles. The maximum absolute atomic E-state index is 11.7. The first-order valence-corrected chi connectivity index (χ1v) is 6.20. The standard InChI is InChI=1S/C14H16N4O2/c1-3-16-14(19)11-8-17-13(18-12(11)15)9-5-4-6-10(7-9)20-2/h4-8H,3H2,1-2H3,(H,16,19)(H2,15,17,18). The van der Waals surface area contributed by atoms with Gasteiger partial charge in [0.15, 0.2) is 5.82 Å². The molecule has 0 aliphatic carbocycles. The predicted molar refractivity (Wildman–Crippen MR) is 76.4 cm³/mol. The molecule has 0 atom stereocenters. The number of amides is 1. The van der Waals surface area contributed by atoms with Crippen LogP contribution in [-0.2, 0) is 0 Å². The van der Waals surface area contributed by atoms with Crippen molar-refractivity contribution >= 4 is 11.7 Å². The maximum atomic E-state index is 11.7. The Labute approximate surface area is 117 Å². The van der Waals surface area contributed by atoms with Crippen molar-refractivity contribution in [2.24, 2.45) is 0 Å². The average Bonchev–Trinajstić information content (AvgIpc) is 2.47. The van der Waals surface area contributed by atoms with Gasteiger partial charge in [-0.3, -0.25) is 4.79 Å². The molecule has 0 spiro atoms. The number of nitrogens with one attached hydrogen (secondary N) is 1. The van der Waals surface area contributed by atoms with Gasteiger partial charge in [-0.25, -0.2) is 9.97 Å². The van der Waals surface area contributed by atoms with Crippen LogP contribution >= 0.6 is 0 Å². The highest BCUT2D eigenvalue weighted by molar-refractivity contribution is 5.98. The van der Waals surface area contributed by atoms with Crippen molar-refractivity contribution in [2.45, 2.75) is 6.92 Å². The van der Waals surface area contributed by atoms with Gasteiger partial charge in [-0.1, -0.05) is 12.1 Å². The van der Waals surface area contributed by atoms with Crippen LogP contribution in [0.5, 0.6) is 5.75 Å². The fourth-order valence-corrected chi connectivity index (χ4v) is 1.73. The second-order valence-electron chi connectivity index (χ2n) is 4.08. The SMILES string of the molecule is CCNC(=O)c1cnc(-c2cccc(OC)c2)nc1N. The third-order valence-electron chi connectivity index (χ3n) is 2.73. The molecule has 0 fully saturated rings. The summed E-state index contributed by atoms with van der Waals surface area (Å²) in [6, 6.07) is 7.32. The second kappa shape index (κ2) is 6.01. The molecule has 6 nitrogen and oxygen atoms in total. The summed E-state index contributed by atoms with van der Waals surface area (Å²) in [5.41, 5.74) is 6.87. The summed E-state index contributed by atoms with van der Waals surface area (Å²) >= 11 is 0. The third-order valence-corrected chi connectivity index (χ3v) is 2.73. The third kappa shape index (κ3) is 2.85. The lowest BCUT2D eigenvalue weighted by molar-refractivity contribution is 0.0956. The fourth-order valence-electron chi connectivity index (χ4n) is 1.73. The van der Waals surface area contributed by atoms with E-state index in [1.54, 1.807) is 13.2 Å². The van der Waals surface area contributed by atoms with Gasteiger partial charge in [-0.2, -0.15) is 0 Å². The number of methoxy groups -OCH3 is 1. The number of ether oxygens (including phenoxy) is 1. The van der Waals surface area contributed by atoms with E-state index in [9.17, 15) is 4.79 Å². The van der Waals surface area contributed by atoms with Crippen molar-refractivity contribution in [3.63, 3.8) is 0 Å². The molecule has 1 amide bonds. The van der Waals surface area contributed by atoms with Crippen molar-refractivity contribution in [3.05, 3.63) is 36.0 Å². The minimum Gasteiger partial charge on any atom is -0.497 e. The average molecular weight is 272 g/mol. The zero-order valence-electron chi connectivity index (χ0n) is 11.4. The van der Waals surface area contributed by atoms with Gasteiger partial charge in [0.25, 0.3) is 5.91 Å². The lowest BCUT2D eigenvalue weighted by Crippen LogP contribution is -2.24. The number of carbonyl (C=O) groups is 1. The van der Waals surface area contributed by atoms with E-state index in [1.165, 1.54) is 6.20 Å². The summed E-state index contributed by atoms with van der Waals surface area (Å²) in [5, 5.41) is 2.66. The molecule has 104 valence electrons. The van der Waals surface area contributed by atoms with E-state index < -0.39 is 0 Å². The van der Waals surface area contributed by atoms with Gasteiger partial charge in [0.05, 0.1) is 12.7 Å². The van der Waals surface area contributed by atoms with E-state index in [0.29, 0.717) is 18.1 Å². The number of nitrogens with two attached hydrogens (primary N) is 1. The second-order valence-corrected chi connectivity index (χ2v) is 4.08. The first-order chi connectivity index (χ1) is 9.65. The predicted octanol–water partition coefficient (Wildman–Crippen LogP) is 1.48. The van der Waals surface area contributed by atoms with Crippen LogP contribution in [0.2, 0.25) is 0 Å². The van der Waals surface area contributed by atoms with E-state index in [1.807, 2.05) is 25.1 Å². The number of carbonyl (C=O) groups excluding carboxylic acids is 1. The van der Waals surface area contributed by atoms with Crippen molar-refractivity contribution in [1.29, 1.82) is 0 Å². The van der Waals surface area contributed by atoms with Gasteiger partial charge in [0.1, 0.15) is 11.6 Å². The maximum Gasteiger partial charge on any atom is 0.256 e. The molecular weight excluding hydrogens is 256 g/mol. The van der Waals surface area contributed by atoms with Crippen LogP contribution in [0, 0.1) is 0 Å². The first-order valence-electron chi connectivity index (χ1n) is 6.20. The fraction of sp³-hybridized carbons (Fsp3) is 0.214. The van der Waals surface area contributed by atoms with Crippen LogP contribution in [0.1, 0.15) is 17.3 Å². The van der Waals surface area contributed by atoms with Crippen LogP contribution in [0.15, 0.2) is 30.5 Å². The normalized spacial score (nSPS) is 10.1. The monoisotopic (exact) mass is 272 g/mol. The van der Waals surface area contributed by atoms with E-state index in [2.05, 4.69) is 15.3 Å². The Kier molecular flexibility index (Phi) is 4.14. The van der Waals surface area contributed by atoms with Crippen LogP contribution in [0.3, 0.4) is 0 Å². The smallest absolute Gasteiger partial charge is 0.256 e. The van der Waals surface area contributed by atoms with Crippen LogP contribution in [-0.4, -0.2) is 29.5 Å². The largest absolute Gasteiger partial charge is 0.497 e. The molecule has 0 saturated heterocycles. The quantitative estimate of drug-likeness (QED) is 0.880. The van der Waals surface area contributed by atoms with Gasteiger partial charge in [0, 0.05) is 18.3 Å². The zero-order valence-corrected chi connectivity index (χ0v) is 11.4. The highest BCUT2D eigenvalue weighted by Gasteiger charge is 2.12. The Bertz CT molecular complexity index is 628. The van der Waals surface area contributed by atoms with Crippen molar-refractivity contribution < 1.29 is 9.53 Å². The minimum absolute atomic E-state index is 0.156. The summed E-state index contributed by atoms with van der Waals surface area (Å²) in [7, 11) is 1.59. The van der Waals surface area contributed by atoms with Gasteiger partial charge in [-0.05, 0) is 19.1 Å². The Morgan fingerprint density at radius 2 is 2.25 bits per heavy atom. The molecule has 6 heteroatoms. The topological polar surface area (TPSA) is 90.1 Å². The van der Waals surface area contributed by atoms with Crippen LogP contribution < -0.4 is 15.8 Å². The number of nitrogen functional groups attached to an aromatic ring is 1. The molecule has 2 rings (SSSR count). The molecule has 1 heterocycles. The number of rotatable bonds is 4. The number of nitrogens with zero attached hydrogens (tertiary/aromatic N) is 2. The number of aromatic nitrogens is 2. The van der Waals surface area contributed by atoms with Crippen molar-refractivity contribution in [1.82, 2.24) is 15.3 Å². The van der Waals surface area contributed by atoms with Crippen LogP contribution in [0.25, 0.3) is 11.4 Å². The first kappa shape index (κ1) is 13.8. The molecule has 1 aromatic carbocycles. The lowest BCUT2D eigenvalue weighted by atomic mass is 10.2. The Balaban J connectivity index is 2.35. The van der Waals surface area contributed by atoms with Crippen LogP contribution in [0.4, 0.5) is 5.82 Å². The summed E-state index contributed by atoms with van der Waals surface area (Å²) in [5.74, 6) is 1.04. The van der Waals surface area contributed by atoms with Crippen molar-refractivity contribution in [3.8, 4) is 17.1 Å². The van der Waals surface area contributed by atoms with Crippen molar-refractivity contribution in [2.75, 3.05) is 19.4 Å². The molecule has 0 saturated carbocycles. The molecule has 0 unspecified atom stereocenters.